The molecule has 7 nitrogen and oxygen atoms in total. The molecule has 2 amide bonds. The van der Waals surface area contributed by atoms with Crippen LogP contribution in [0, 0.1) is 5.92 Å². The van der Waals surface area contributed by atoms with Crippen LogP contribution in [0.1, 0.15) is 18.4 Å². The minimum atomic E-state index is -0.687. The number of ether oxygens (including phenoxy) is 2. The Hall–Kier alpha value is -3.06. The first-order valence-corrected chi connectivity index (χ1v) is 10.7. The highest BCUT2D eigenvalue weighted by Gasteiger charge is 2.21. The molecule has 1 aliphatic rings. The van der Waals surface area contributed by atoms with Crippen molar-refractivity contribution in [1.29, 1.82) is 0 Å². The molecule has 0 unspecified atom stereocenters. The van der Waals surface area contributed by atoms with E-state index in [1.54, 1.807) is 18.2 Å². The third-order valence-electron chi connectivity index (χ3n) is 5.67. The lowest BCUT2D eigenvalue weighted by Gasteiger charge is -2.32. The van der Waals surface area contributed by atoms with Crippen molar-refractivity contribution in [2.45, 2.75) is 19.3 Å². The van der Waals surface area contributed by atoms with Crippen LogP contribution >= 0.6 is 0 Å². The molecule has 2 aromatic rings. The molecule has 1 aliphatic heterocycles. The Bertz CT molecular complexity index is 864. The first-order valence-electron chi connectivity index (χ1n) is 10.7. The maximum atomic E-state index is 12.2. The molecule has 1 saturated heterocycles. The second kappa shape index (κ2) is 11.4. The van der Waals surface area contributed by atoms with Crippen LogP contribution < -0.4 is 20.1 Å². The van der Waals surface area contributed by atoms with E-state index in [0.717, 1.165) is 38.9 Å². The number of methoxy groups -OCH3 is 2. The van der Waals surface area contributed by atoms with Gasteiger partial charge in [-0.05, 0) is 56.0 Å². The largest absolute Gasteiger partial charge is 0.493 e. The lowest BCUT2D eigenvalue weighted by molar-refractivity contribution is -0.136. The molecule has 31 heavy (non-hydrogen) atoms. The normalized spacial score (nSPS) is 14.6. The second-order valence-electron chi connectivity index (χ2n) is 7.75. The quantitative estimate of drug-likeness (QED) is 0.636. The molecule has 0 aromatic heterocycles. The van der Waals surface area contributed by atoms with Gasteiger partial charge in [0.05, 0.1) is 14.2 Å². The molecule has 0 aliphatic carbocycles. The highest BCUT2D eigenvalue weighted by atomic mass is 16.5. The molecule has 1 heterocycles. The summed E-state index contributed by atoms with van der Waals surface area (Å²) >= 11 is 0. The van der Waals surface area contributed by atoms with E-state index >= 15 is 0 Å². The van der Waals surface area contributed by atoms with E-state index in [0.29, 0.717) is 29.6 Å². The minimum absolute atomic E-state index is 0.394. The van der Waals surface area contributed by atoms with E-state index < -0.39 is 11.8 Å². The standard InChI is InChI=1S/C24H31N3O4/c1-30-21-9-8-20(16-22(21)31-2)26-24(29)23(28)25-17-19-11-14-27(15-12-19)13-10-18-6-4-3-5-7-18/h3-9,16,19H,10-15,17H2,1-2H3,(H,25,28)(H,26,29). The van der Waals surface area contributed by atoms with Gasteiger partial charge in [-0.1, -0.05) is 30.3 Å². The number of nitrogens with zero attached hydrogens (tertiary/aromatic N) is 1. The van der Waals surface area contributed by atoms with Gasteiger partial charge in [0.2, 0.25) is 0 Å². The fourth-order valence-electron chi connectivity index (χ4n) is 3.77. The van der Waals surface area contributed by atoms with E-state index in [1.807, 2.05) is 6.07 Å². The number of rotatable bonds is 8. The van der Waals surface area contributed by atoms with Gasteiger partial charge in [0.15, 0.2) is 11.5 Å². The monoisotopic (exact) mass is 425 g/mol. The summed E-state index contributed by atoms with van der Waals surface area (Å²) in [6.45, 7) is 3.61. The van der Waals surface area contributed by atoms with Gasteiger partial charge >= 0.3 is 11.8 Å². The summed E-state index contributed by atoms with van der Waals surface area (Å²) in [4.78, 5) is 26.9. The number of nitrogens with one attached hydrogen (secondary N) is 2. The summed E-state index contributed by atoms with van der Waals surface area (Å²) in [6.07, 6.45) is 3.09. The van der Waals surface area contributed by atoms with Crippen LogP contribution in [0.15, 0.2) is 48.5 Å². The zero-order chi connectivity index (χ0) is 22.1. The van der Waals surface area contributed by atoms with Crippen molar-refractivity contribution >= 4 is 17.5 Å². The summed E-state index contributed by atoms with van der Waals surface area (Å²) in [5, 5.41) is 5.37. The number of hydrogen-bond donors (Lipinski definition) is 2. The minimum Gasteiger partial charge on any atom is -0.493 e. The molecule has 0 spiro atoms. The van der Waals surface area contributed by atoms with Crippen LogP contribution in [0.5, 0.6) is 11.5 Å². The number of carbonyl (C=O) groups is 2. The molecule has 166 valence electrons. The Labute approximate surface area is 183 Å². The van der Waals surface area contributed by atoms with Crippen LogP contribution in [0.2, 0.25) is 0 Å². The van der Waals surface area contributed by atoms with Crippen LogP contribution in [0.25, 0.3) is 0 Å². The van der Waals surface area contributed by atoms with Crippen molar-refractivity contribution in [3.05, 3.63) is 54.1 Å². The molecule has 0 saturated carbocycles. The molecule has 7 heteroatoms. The summed E-state index contributed by atoms with van der Waals surface area (Å²) in [5.41, 5.74) is 1.84. The molecule has 0 radical (unpaired) electrons. The van der Waals surface area contributed by atoms with Crippen molar-refractivity contribution in [2.75, 3.05) is 45.7 Å². The van der Waals surface area contributed by atoms with E-state index in [-0.39, 0.29) is 0 Å². The summed E-state index contributed by atoms with van der Waals surface area (Å²) in [6, 6.07) is 15.5. The SMILES string of the molecule is COc1ccc(NC(=O)C(=O)NCC2CCN(CCc3ccccc3)CC2)cc1OC. The summed E-state index contributed by atoms with van der Waals surface area (Å²) in [7, 11) is 3.06. The predicted octanol–water partition coefficient (Wildman–Crippen LogP) is 2.71. The van der Waals surface area contributed by atoms with E-state index in [4.69, 9.17) is 9.47 Å². The zero-order valence-corrected chi connectivity index (χ0v) is 18.2. The van der Waals surface area contributed by atoms with E-state index in [2.05, 4.69) is 39.8 Å². The maximum absolute atomic E-state index is 12.2. The first-order chi connectivity index (χ1) is 15.1. The molecule has 2 aromatic carbocycles. The van der Waals surface area contributed by atoms with Gasteiger partial charge in [-0.15, -0.1) is 0 Å². The highest BCUT2D eigenvalue weighted by molar-refractivity contribution is 6.39. The Morgan fingerprint density at radius 3 is 2.35 bits per heavy atom. The number of piperidine rings is 1. The Morgan fingerprint density at radius 2 is 1.68 bits per heavy atom. The topological polar surface area (TPSA) is 79.9 Å². The van der Waals surface area contributed by atoms with E-state index in [1.165, 1.54) is 19.8 Å². The van der Waals surface area contributed by atoms with Crippen LogP contribution in [-0.2, 0) is 16.0 Å². The number of hydrogen-bond acceptors (Lipinski definition) is 5. The Morgan fingerprint density at radius 1 is 0.968 bits per heavy atom. The smallest absolute Gasteiger partial charge is 0.313 e. The molecule has 1 fully saturated rings. The van der Waals surface area contributed by atoms with Gasteiger partial charge < -0.3 is 25.0 Å². The summed E-state index contributed by atoms with van der Waals surface area (Å²) in [5.74, 6) is 0.124. The third-order valence-corrected chi connectivity index (χ3v) is 5.67. The average Bonchev–Trinajstić information content (AvgIpc) is 2.82. The van der Waals surface area contributed by atoms with Crippen molar-refractivity contribution in [3.8, 4) is 11.5 Å². The maximum Gasteiger partial charge on any atom is 0.313 e. The molecular formula is C24H31N3O4. The first kappa shape index (κ1) is 22.6. The molecule has 0 bridgehead atoms. The molecule has 3 rings (SSSR count). The van der Waals surface area contributed by atoms with Crippen molar-refractivity contribution in [3.63, 3.8) is 0 Å². The van der Waals surface area contributed by atoms with E-state index in [9.17, 15) is 9.59 Å². The second-order valence-corrected chi connectivity index (χ2v) is 7.75. The third kappa shape index (κ3) is 6.72. The van der Waals surface area contributed by atoms with Crippen LogP contribution in [0.4, 0.5) is 5.69 Å². The average molecular weight is 426 g/mol. The van der Waals surface area contributed by atoms with Crippen molar-refractivity contribution < 1.29 is 19.1 Å². The predicted molar refractivity (Wildman–Crippen MR) is 120 cm³/mol. The van der Waals surface area contributed by atoms with Crippen molar-refractivity contribution in [2.24, 2.45) is 5.92 Å². The molecule has 0 atom stereocenters. The number of benzene rings is 2. The van der Waals surface area contributed by atoms with Crippen LogP contribution in [0.3, 0.4) is 0 Å². The fraction of sp³-hybridized carbons (Fsp3) is 0.417. The molecule has 2 N–H and O–H groups in total. The van der Waals surface area contributed by atoms with Crippen molar-refractivity contribution in [1.82, 2.24) is 10.2 Å². The fourth-order valence-corrected chi connectivity index (χ4v) is 3.77. The van der Waals surface area contributed by atoms with Gasteiger partial charge in [-0.2, -0.15) is 0 Å². The lowest BCUT2D eigenvalue weighted by Crippen LogP contribution is -2.42. The van der Waals surface area contributed by atoms with Gasteiger partial charge in [-0.3, -0.25) is 9.59 Å². The highest BCUT2D eigenvalue weighted by Crippen LogP contribution is 2.29. The van der Waals surface area contributed by atoms with Crippen LogP contribution in [-0.4, -0.2) is 57.1 Å². The Balaban J connectivity index is 1.37. The van der Waals surface area contributed by atoms with Gasteiger partial charge in [0.25, 0.3) is 0 Å². The van der Waals surface area contributed by atoms with Gasteiger partial charge in [0, 0.05) is 24.8 Å². The zero-order valence-electron chi connectivity index (χ0n) is 18.2. The number of anilines is 1. The Kier molecular flexibility index (Phi) is 8.29. The number of amides is 2. The lowest BCUT2D eigenvalue weighted by atomic mass is 9.96. The van der Waals surface area contributed by atoms with Gasteiger partial charge in [-0.25, -0.2) is 0 Å². The number of carbonyl (C=O) groups excluding carboxylic acids is 2. The number of likely N-dealkylation sites (tertiary alicyclic amines) is 1. The van der Waals surface area contributed by atoms with Gasteiger partial charge in [0.1, 0.15) is 0 Å². The molecular weight excluding hydrogens is 394 g/mol. The summed E-state index contributed by atoms with van der Waals surface area (Å²) < 4.78 is 10.4.